The second-order valence-corrected chi connectivity index (χ2v) is 12.4. The number of nitrogen functional groups attached to an aromatic ring is 1. The fraction of sp³-hybridized carbons (Fsp3) is 0.360. The van der Waals surface area contributed by atoms with E-state index in [1.807, 2.05) is 40.8 Å². The zero-order valence-corrected chi connectivity index (χ0v) is 25.6. The molecule has 0 spiro atoms. The summed E-state index contributed by atoms with van der Waals surface area (Å²) >= 11 is 1.90. The molecule has 0 saturated carbocycles. The van der Waals surface area contributed by atoms with Gasteiger partial charge in [-0.2, -0.15) is 15.1 Å². The van der Waals surface area contributed by atoms with Crippen molar-refractivity contribution in [1.29, 1.82) is 0 Å². The quantitative estimate of drug-likeness (QED) is 0.0908. The summed E-state index contributed by atoms with van der Waals surface area (Å²) in [5.74, 6) is -1.11. The number of aliphatic hydroxyl groups is 2. The van der Waals surface area contributed by atoms with Crippen molar-refractivity contribution in [3.63, 3.8) is 0 Å². The molecule has 0 bridgehead atoms. The van der Waals surface area contributed by atoms with Crippen molar-refractivity contribution in [1.82, 2.24) is 24.6 Å². The number of nitrogens with zero attached hydrogens (tertiary/aromatic N) is 4. The SMILES string of the molecule is COc1nc(N)nc2c1nc(I)n2[C@@H]1O[C@H](COP(=O)(NC(C)C(=O)O)Oc2cccc3ccccc23)[C@@H](O)[C@@]1(C)O. The van der Waals surface area contributed by atoms with Gasteiger partial charge >= 0.3 is 13.7 Å². The van der Waals surface area contributed by atoms with Crippen molar-refractivity contribution in [2.24, 2.45) is 0 Å². The number of aliphatic hydroxyl groups excluding tert-OH is 1. The number of ether oxygens (including phenoxy) is 2. The summed E-state index contributed by atoms with van der Waals surface area (Å²) in [6.07, 6.45) is -4.05. The standard InChI is InChI=1S/C25H28IN6O9P/c1-12(21(34)35)31-42(37,41-15-10-6-8-13-7-4-5-9-14(13)15)39-11-16-18(33)25(2,36)22(40-16)32-19-17(28-23(32)26)20(38-3)30-24(27)29-19/h4-10,12,16,18,22,33,36H,11H2,1-3H3,(H,31,37)(H,34,35)(H2,27,29,30)/t12?,16-,18-,22-,25-,42?/m1/s1. The Morgan fingerprint density at radius 1 is 1.26 bits per heavy atom. The highest BCUT2D eigenvalue weighted by molar-refractivity contribution is 14.1. The molecule has 1 fully saturated rings. The maximum absolute atomic E-state index is 13.9. The molecule has 42 heavy (non-hydrogen) atoms. The van der Waals surface area contributed by atoms with Crippen LogP contribution in [0, 0.1) is 3.83 Å². The summed E-state index contributed by atoms with van der Waals surface area (Å²) in [5.41, 5.74) is 4.36. The molecule has 17 heteroatoms. The first-order valence-electron chi connectivity index (χ1n) is 12.6. The number of hydrogen-bond acceptors (Lipinski definition) is 12. The topological polar surface area (TPSA) is 213 Å². The lowest BCUT2D eigenvalue weighted by Crippen LogP contribution is -2.44. The summed E-state index contributed by atoms with van der Waals surface area (Å²) in [6, 6.07) is 11.0. The van der Waals surface area contributed by atoms with E-state index in [1.54, 1.807) is 24.3 Å². The fourth-order valence-corrected chi connectivity index (χ4v) is 6.85. The Labute approximate surface area is 252 Å². The van der Waals surface area contributed by atoms with E-state index in [4.69, 9.17) is 24.3 Å². The normalized spacial score (nSPS) is 24.5. The maximum atomic E-state index is 13.9. The summed E-state index contributed by atoms with van der Waals surface area (Å²) in [5, 5.41) is 35.7. The molecule has 0 aliphatic carbocycles. The third-order valence-corrected chi connectivity index (χ3v) is 9.15. The molecular formula is C25H28IN6O9P. The Kier molecular flexibility index (Phi) is 8.32. The molecule has 6 atom stereocenters. The highest BCUT2D eigenvalue weighted by atomic mass is 127. The lowest BCUT2D eigenvalue weighted by Gasteiger charge is -2.28. The summed E-state index contributed by atoms with van der Waals surface area (Å²) in [6.45, 7) is 2.07. The summed E-state index contributed by atoms with van der Waals surface area (Å²) in [7, 11) is -3.01. The van der Waals surface area contributed by atoms with Crippen LogP contribution in [0.15, 0.2) is 42.5 Å². The van der Waals surface area contributed by atoms with E-state index in [1.165, 1.54) is 25.5 Å². The number of halogens is 1. The van der Waals surface area contributed by atoms with Gasteiger partial charge in [0.1, 0.15) is 29.6 Å². The predicted molar refractivity (Wildman–Crippen MR) is 158 cm³/mol. The number of hydrogen-bond donors (Lipinski definition) is 5. The van der Waals surface area contributed by atoms with Gasteiger partial charge in [-0.25, -0.2) is 9.55 Å². The second kappa shape index (κ2) is 11.5. The van der Waals surface area contributed by atoms with E-state index in [0.29, 0.717) is 9.22 Å². The van der Waals surface area contributed by atoms with Gasteiger partial charge in [0.15, 0.2) is 21.2 Å². The molecule has 5 rings (SSSR count). The highest BCUT2D eigenvalue weighted by Crippen LogP contribution is 2.48. The number of imidazole rings is 1. The molecule has 6 N–H and O–H groups in total. The highest BCUT2D eigenvalue weighted by Gasteiger charge is 2.55. The number of rotatable bonds is 10. The van der Waals surface area contributed by atoms with Crippen LogP contribution in [-0.4, -0.2) is 78.4 Å². The number of benzene rings is 2. The summed E-state index contributed by atoms with van der Waals surface area (Å²) in [4.78, 5) is 24.2. The van der Waals surface area contributed by atoms with Crippen LogP contribution < -0.4 is 20.1 Å². The number of aromatic nitrogens is 4. The van der Waals surface area contributed by atoms with Crippen molar-refractivity contribution in [3.8, 4) is 11.6 Å². The third-order valence-electron chi connectivity index (χ3n) is 6.76. The summed E-state index contributed by atoms with van der Waals surface area (Å²) < 4.78 is 38.4. The van der Waals surface area contributed by atoms with Gasteiger partial charge in [0.05, 0.1) is 13.7 Å². The van der Waals surface area contributed by atoms with Gasteiger partial charge in [0.25, 0.3) is 0 Å². The van der Waals surface area contributed by atoms with E-state index < -0.39 is 50.4 Å². The minimum atomic E-state index is -4.40. The van der Waals surface area contributed by atoms with Gasteiger partial charge in [-0.15, -0.1) is 0 Å². The zero-order chi connectivity index (χ0) is 30.4. The molecule has 224 valence electrons. The Morgan fingerprint density at radius 2 is 1.98 bits per heavy atom. The fourth-order valence-electron chi connectivity index (χ4n) is 4.60. The van der Waals surface area contributed by atoms with Crippen LogP contribution in [0.25, 0.3) is 21.9 Å². The number of carbonyl (C=O) groups is 1. The van der Waals surface area contributed by atoms with Crippen LogP contribution in [0.4, 0.5) is 5.95 Å². The number of carboxylic acid groups (broad SMARTS) is 1. The average molecular weight is 714 g/mol. The van der Waals surface area contributed by atoms with Crippen LogP contribution >= 0.6 is 30.3 Å². The van der Waals surface area contributed by atoms with Crippen LogP contribution in [0.2, 0.25) is 0 Å². The van der Waals surface area contributed by atoms with Crippen molar-refractivity contribution in [2.75, 3.05) is 19.5 Å². The number of fused-ring (bicyclic) bond motifs is 2. The maximum Gasteiger partial charge on any atom is 0.459 e. The first kappa shape index (κ1) is 30.3. The zero-order valence-electron chi connectivity index (χ0n) is 22.5. The van der Waals surface area contributed by atoms with Crippen LogP contribution in [0.5, 0.6) is 11.6 Å². The minimum absolute atomic E-state index is 0.109. The first-order valence-corrected chi connectivity index (χ1v) is 15.2. The molecule has 1 aliphatic rings. The molecule has 4 aromatic rings. The van der Waals surface area contributed by atoms with Crippen molar-refractivity contribution >= 4 is 64.2 Å². The van der Waals surface area contributed by atoms with Gasteiger partial charge in [-0.1, -0.05) is 36.4 Å². The number of aliphatic carboxylic acids is 1. The number of methoxy groups -OCH3 is 1. The number of nitrogens with one attached hydrogen (secondary N) is 1. The van der Waals surface area contributed by atoms with Gasteiger partial charge in [0, 0.05) is 28.0 Å². The van der Waals surface area contributed by atoms with E-state index >= 15 is 0 Å². The van der Waals surface area contributed by atoms with Crippen LogP contribution in [-0.2, 0) is 18.6 Å². The predicted octanol–water partition coefficient (Wildman–Crippen LogP) is 2.45. The van der Waals surface area contributed by atoms with Crippen molar-refractivity contribution in [2.45, 2.75) is 43.9 Å². The monoisotopic (exact) mass is 714 g/mol. The van der Waals surface area contributed by atoms with Crippen LogP contribution in [0.3, 0.4) is 0 Å². The Balaban J connectivity index is 1.44. The number of nitrogens with two attached hydrogens (primary N) is 1. The van der Waals surface area contributed by atoms with E-state index in [2.05, 4.69) is 20.0 Å². The van der Waals surface area contributed by atoms with Gasteiger partial charge in [0.2, 0.25) is 11.8 Å². The molecule has 1 aliphatic heterocycles. The van der Waals surface area contributed by atoms with Crippen molar-refractivity contribution < 1.29 is 43.2 Å². The first-order chi connectivity index (χ1) is 19.8. The average Bonchev–Trinajstić information content (AvgIpc) is 3.38. The lowest BCUT2D eigenvalue weighted by molar-refractivity contribution is -0.138. The van der Waals surface area contributed by atoms with E-state index in [-0.39, 0.29) is 28.7 Å². The van der Waals surface area contributed by atoms with Crippen LogP contribution in [0.1, 0.15) is 20.1 Å². The third kappa shape index (κ3) is 5.62. The smallest absolute Gasteiger partial charge is 0.459 e. The Morgan fingerprint density at radius 3 is 2.69 bits per heavy atom. The molecule has 3 heterocycles. The minimum Gasteiger partial charge on any atom is -0.480 e. The Hall–Kier alpha value is -3.12. The number of carboxylic acids is 1. The molecular weight excluding hydrogens is 686 g/mol. The second-order valence-electron chi connectivity index (χ2n) is 9.76. The molecule has 15 nitrogen and oxygen atoms in total. The molecule has 2 aromatic carbocycles. The lowest BCUT2D eigenvalue weighted by atomic mass is 9.96. The number of anilines is 1. The molecule has 0 radical (unpaired) electrons. The molecule has 2 aromatic heterocycles. The Bertz CT molecular complexity index is 1700. The van der Waals surface area contributed by atoms with E-state index in [9.17, 15) is 24.7 Å². The van der Waals surface area contributed by atoms with Gasteiger partial charge < -0.3 is 35.1 Å². The van der Waals surface area contributed by atoms with Crippen molar-refractivity contribution in [3.05, 3.63) is 46.3 Å². The van der Waals surface area contributed by atoms with Gasteiger partial charge in [-0.3, -0.25) is 13.9 Å². The molecule has 1 saturated heterocycles. The molecule has 2 unspecified atom stereocenters. The largest absolute Gasteiger partial charge is 0.480 e. The molecule has 0 amide bonds. The van der Waals surface area contributed by atoms with E-state index in [0.717, 1.165) is 5.39 Å². The van der Waals surface area contributed by atoms with Gasteiger partial charge in [-0.05, 0) is 25.3 Å².